The Morgan fingerprint density at radius 3 is 2.74 bits per heavy atom. The molecule has 1 aliphatic rings. The lowest BCUT2D eigenvalue weighted by Crippen LogP contribution is -2.39. The van der Waals surface area contributed by atoms with E-state index in [4.69, 9.17) is 10.8 Å². The predicted molar refractivity (Wildman–Crippen MR) is 73.3 cm³/mol. The van der Waals surface area contributed by atoms with Gasteiger partial charge in [-0.2, -0.15) is 0 Å². The number of nitrogens with two attached hydrogens (primary N) is 1. The van der Waals surface area contributed by atoms with E-state index >= 15 is 0 Å². The van der Waals surface area contributed by atoms with Crippen LogP contribution in [0.15, 0.2) is 0 Å². The van der Waals surface area contributed by atoms with Gasteiger partial charge in [0.05, 0.1) is 11.5 Å². The summed E-state index contributed by atoms with van der Waals surface area (Å²) in [6.07, 6.45) is 2.83. The molecule has 1 saturated heterocycles. The fourth-order valence-corrected chi connectivity index (χ4v) is 3.65. The quantitative estimate of drug-likeness (QED) is 0.620. The topological polar surface area (TPSA) is 101 Å². The fraction of sp³-hybridized carbons (Fsp3) is 0.917. The van der Waals surface area contributed by atoms with Crippen molar-refractivity contribution in [1.29, 1.82) is 0 Å². The zero-order chi connectivity index (χ0) is 14.3. The third-order valence-corrected chi connectivity index (χ3v) is 5.15. The van der Waals surface area contributed by atoms with Crippen LogP contribution in [0, 0.1) is 5.92 Å². The lowest BCUT2D eigenvalue weighted by molar-refractivity contribution is -0.117. The smallest absolute Gasteiger partial charge is 0.218 e. The first-order chi connectivity index (χ1) is 8.93. The van der Waals surface area contributed by atoms with Crippen LogP contribution in [0.2, 0.25) is 0 Å². The van der Waals surface area contributed by atoms with Crippen molar-refractivity contribution >= 4 is 15.7 Å². The van der Waals surface area contributed by atoms with Gasteiger partial charge in [-0.15, -0.1) is 0 Å². The number of carbonyl (C=O) groups is 1. The summed E-state index contributed by atoms with van der Waals surface area (Å²) < 4.78 is 23.4. The highest BCUT2D eigenvalue weighted by molar-refractivity contribution is 7.91. The van der Waals surface area contributed by atoms with Crippen molar-refractivity contribution in [1.82, 2.24) is 4.90 Å². The van der Waals surface area contributed by atoms with E-state index in [2.05, 4.69) is 4.90 Å². The number of nitrogens with zero attached hydrogens (tertiary/aromatic N) is 1. The molecular weight excluding hydrogens is 268 g/mol. The summed E-state index contributed by atoms with van der Waals surface area (Å²) in [5, 5.41) is 8.93. The van der Waals surface area contributed by atoms with E-state index in [9.17, 15) is 13.2 Å². The maximum absolute atomic E-state index is 11.7. The SMILES string of the molecule is NC(=O)CCS(=O)(=O)CCN1CCCC(CCO)C1. The zero-order valence-corrected chi connectivity index (χ0v) is 12.1. The van der Waals surface area contributed by atoms with Gasteiger partial charge in [-0.25, -0.2) is 8.42 Å². The highest BCUT2D eigenvalue weighted by Crippen LogP contribution is 2.19. The molecule has 19 heavy (non-hydrogen) atoms. The molecule has 6 nitrogen and oxygen atoms in total. The monoisotopic (exact) mass is 292 g/mol. The second-order valence-corrected chi connectivity index (χ2v) is 7.49. The molecule has 1 amide bonds. The number of aliphatic hydroxyl groups is 1. The van der Waals surface area contributed by atoms with Crippen LogP contribution in [0.25, 0.3) is 0 Å². The molecule has 0 bridgehead atoms. The number of hydrogen-bond acceptors (Lipinski definition) is 5. The standard InChI is InChI=1S/C12H24N2O4S/c13-12(16)4-8-19(17,18)9-6-14-5-1-2-11(10-14)3-7-15/h11,15H,1-10H2,(H2,13,16). The summed E-state index contributed by atoms with van der Waals surface area (Å²) in [5.74, 6) is -0.195. The highest BCUT2D eigenvalue weighted by Gasteiger charge is 2.21. The average molecular weight is 292 g/mol. The molecule has 1 fully saturated rings. The number of primary amides is 1. The van der Waals surface area contributed by atoms with E-state index in [1.165, 1.54) is 0 Å². The first-order valence-electron chi connectivity index (χ1n) is 6.75. The normalized spacial score (nSPS) is 21.4. The third-order valence-electron chi connectivity index (χ3n) is 3.52. The number of aliphatic hydroxyl groups excluding tert-OH is 1. The summed E-state index contributed by atoms with van der Waals surface area (Å²) in [5.41, 5.74) is 4.95. The lowest BCUT2D eigenvalue weighted by Gasteiger charge is -2.32. The zero-order valence-electron chi connectivity index (χ0n) is 11.3. The summed E-state index contributed by atoms with van der Waals surface area (Å²) in [7, 11) is -3.20. The summed E-state index contributed by atoms with van der Waals surface area (Å²) in [6, 6.07) is 0. The molecule has 1 rings (SSSR count). The average Bonchev–Trinajstić information content (AvgIpc) is 2.35. The van der Waals surface area contributed by atoms with Gasteiger partial charge in [0.15, 0.2) is 9.84 Å². The lowest BCUT2D eigenvalue weighted by atomic mass is 9.95. The molecule has 7 heteroatoms. The Balaban J connectivity index is 2.32. The van der Waals surface area contributed by atoms with Crippen LogP contribution in [0.5, 0.6) is 0 Å². The predicted octanol–water partition coefficient (Wildman–Crippen LogP) is -0.629. The fourth-order valence-electron chi connectivity index (χ4n) is 2.40. The molecular formula is C12H24N2O4S. The van der Waals surface area contributed by atoms with Gasteiger partial charge in [0, 0.05) is 26.1 Å². The highest BCUT2D eigenvalue weighted by atomic mass is 32.2. The van der Waals surface area contributed by atoms with Gasteiger partial charge in [0.1, 0.15) is 0 Å². The van der Waals surface area contributed by atoms with Crippen molar-refractivity contribution in [3.63, 3.8) is 0 Å². The Morgan fingerprint density at radius 1 is 1.37 bits per heavy atom. The van der Waals surface area contributed by atoms with E-state index in [0.717, 1.165) is 32.4 Å². The van der Waals surface area contributed by atoms with Crippen LogP contribution in [0.3, 0.4) is 0 Å². The van der Waals surface area contributed by atoms with Gasteiger partial charge in [-0.3, -0.25) is 4.79 Å². The largest absolute Gasteiger partial charge is 0.396 e. The van der Waals surface area contributed by atoms with Crippen LogP contribution in [-0.4, -0.2) is 62.1 Å². The van der Waals surface area contributed by atoms with Crippen molar-refractivity contribution < 1.29 is 18.3 Å². The second-order valence-electron chi connectivity index (χ2n) is 5.19. The summed E-state index contributed by atoms with van der Waals surface area (Å²) >= 11 is 0. The van der Waals surface area contributed by atoms with Gasteiger partial charge in [0.25, 0.3) is 0 Å². The van der Waals surface area contributed by atoms with Crippen LogP contribution < -0.4 is 5.73 Å². The van der Waals surface area contributed by atoms with E-state index in [0.29, 0.717) is 12.5 Å². The Hall–Kier alpha value is -0.660. The molecule has 0 saturated carbocycles. The van der Waals surface area contributed by atoms with Gasteiger partial charge in [-0.05, 0) is 31.7 Å². The number of carbonyl (C=O) groups excluding carboxylic acids is 1. The van der Waals surface area contributed by atoms with Gasteiger partial charge in [0.2, 0.25) is 5.91 Å². The van der Waals surface area contributed by atoms with E-state index < -0.39 is 15.7 Å². The minimum absolute atomic E-state index is 0.0755. The molecule has 0 aromatic carbocycles. The minimum Gasteiger partial charge on any atom is -0.396 e. The molecule has 0 spiro atoms. The Labute approximate surface area is 114 Å². The molecule has 112 valence electrons. The maximum Gasteiger partial charge on any atom is 0.218 e. The van der Waals surface area contributed by atoms with Crippen molar-refractivity contribution in [3.8, 4) is 0 Å². The summed E-state index contributed by atoms with van der Waals surface area (Å²) in [6.45, 7) is 2.46. The number of hydrogen-bond donors (Lipinski definition) is 2. The van der Waals surface area contributed by atoms with Crippen molar-refractivity contribution in [3.05, 3.63) is 0 Å². The number of sulfone groups is 1. The number of likely N-dealkylation sites (tertiary alicyclic amines) is 1. The van der Waals surface area contributed by atoms with E-state index in [1.807, 2.05) is 0 Å². The van der Waals surface area contributed by atoms with Crippen molar-refractivity contribution in [2.24, 2.45) is 11.7 Å². The second kappa shape index (κ2) is 7.81. The van der Waals surface area contributed by atoms with Crippen molar-refractivity contribution in [2.75, 3.05) is 37.7 Å². The van der Waals surface area contributed by atoms with Gasteiger partial charge < -0.3 is 15.7 Å². The molecule has 1 heterocycles. The van der Waals surface area contributed by atoms with Gasteiger partial charge >= 0.3 is 0 Å². The summed E-state index contributed by atoms with van der Waals surface area (Å²) in [4.78, 5) is 12.7. The minimum atomic E-state index is -3.20. The first kappa shape index (κ1) is 16.4. The van der Waals surface area contributed by atoms with Gasteiger partial charge in [-0.1, -0.05) is 0 Å². The molecule has 3 N–H and O–H groups in total. The molecule has 1 unspecified atom stereocenters. The Bertz CT molecular complexity index is 381. The number of amides is 1. The van der Waals surface area contributed by atoms with E-state index in [1.54, 1.807) is 0 Å². The third kappa shape index (κ3) is 6.89. The molecule has 0 radical (unpaired) electrons. The first-order valence-corrected chi connectivity index (χ1v) is 8.57. The number of piperidine rings is 1. The van der Waals surface area contributed by atoms with Crippen LogP contribution in [0.4, 0.5) is 0 Å². The molecule has 0 aromatic heterocycles. The van der Waals surface area contributed by atoms with Crippen LogP contribution in [-0.2, 0) is 14.6 Å². The number of rotatable bonds is 8. The molecule has 1 atom stereocenters. The molecule has 0 aromatic rings. The molecule has 1 aliphatic heterocycles. The van der Waals surface area contributed by atoms with Crippen LogP contribution >= 0.6 is 0 Å². The van der Waals surface area contributed by atoms with E-state index in [-0.39, 0.29) is 24.5 Å². The maximum atomic E-state index is 11.7. The van der Waals surface area contributed by atoms with Crippen molar-refractivity contribution in [2.45, 2.75) is 25.7 Å². The Kier molecular flexibility index (Phi) is 6.74. The molecule has 0 aliphatic carbocycles. The Morgan fingerprint density at radius 2 is 2.11 bits per heavy atom. The van der Waals surface area contributed by atoms with Crippen LogP contribution in [0.1, 0.15) is 25.7 Å².